The van der Waals surface area contributed by atoms with Gasteiger partial charge in [-0.15, -0.1) is 0 Å². The van der Waals surface area contributed by atoms with Crippen LogP contribution in [0.25, 0.3) is 0 Å². The van der Waals surface area contributed by atoms with E-state index >= 15 is 0 Å². The molecule has 1 saturated heterocycles. The lowest BCUT2D eigenvalue weighted by Gasteiger charge is -2.22. The molecule has 136 valence electrons. The van der Waals surface area contributed by atoms with Crippen molar-refractivity contribution in [1.29, 1.82) is 0 Å². The van der Waals surface area contributed by atoms with Gasteiger partial charge in [-0.2, -0.15) is 0 Å². The number of hydrogen-bond donors (Lipinski definition) is 1. The molecule has 5 heteroatoms. The highest BCUT2D eigenvalue weighted by Gasteiger charge is 2.29. The third kappa shape index (κ3) is 4.49. The zero-order valence-corrected chi connectivity index (χ0v) is 15.0. The highest BCUT2D eigenvalue weighted by Crippen LogP contribution is 2.13. The summed E-state index contributed by atoms with van der Waals surface area (Å²) in [6.45, 7) is 2.87. The number of aryl methyl sites for hydroxylation is 1. The Balaban J connectivity index is 1.67. The monoisotopic (exact) mass is 352 g/mol. The molecule has 0 spiro atoms. The van der Waals surface area contributed by atoms with Gasteiger partial charge in [0, 0.05) is 25.2 Å². The maximum absolute atomic E-state index is 12.7. The van der Waals surface area contributed by atoms with Crippen LogP contribution in [0.2, 0.25) is 0 Å². The van der Waals surface area contributed by atoms with Crippen molar-refractivity contribution in [2.75, 3.05) is 26.2 Å². The molecule has 0 radical (unpaired) electrons. The lowest BCUT2D eigenvalue weighted by molar-refractivity contribution is -0.131. The van der Waals surface area contributed by atoms with Crippen molar-refractivity contribution < 1.29 is 14.7 Å². The number of nitrogens with zero attached hydrogens (tertiary/aromatic N) is 2. The first-order valence-corrected chi connectivity index (χ1v) is 8.88. The van der Waals surface area contributed by atoms with Gasteiger partial charge in [0.05, 0.1) is 6.10 Å². The van der Waals surface area contributed by atoms with Gasteiger partial charge in [0.1, 0.15) is 6.54 Å². The van der Waals surface area contributed by atoms with Crippen molar-refractivity contribution >= 4 is 11.8 Å². The van der Waals surface area contributed by atoms with E-state index in [0.717, 1.165) is 17.5 Å². The summed E-state index contributed by atoms with van der Waals surface area (Å²) in [4.78, 5) is 28.4. The van der Waals surface area contributed by atoms with E-state index < -0.39 is 6.10 Å². The number of benzene rings is 2. The van der Waals surface area contributed by atoms with Crippen LogP contribution in [0.15, 0.2) is 54.6 Å². The van der Waals surface area contributed by atoms with Crippen molar-refractivity contribution in [3.63, 3.8) is 0 Å². The predicted octanol–water partition coefficient (Wildman–Crippen LogP) is 1.88. The predicted molar refractivity (Wildman–Crippen MR) is 99.8 cm³/mol. The van der Waals surface area contributed by atoms with E-state index in [2.05, 4.69) is 0 Å². The van der Waals surface area contributed by atoms with E-state index in [9.17, 15) is 14.7 Å². The highest BCUT2D eigenvalue weighted by atomic mass is 16.3. The highest BCUT2D eigenvalue weighted by molar-refractivity contribution is 5.96. The van der Waals surface area contributed by atoms with Crippen molar-refractivity contribution in [3.05, 3.63) is 71.3 Å². The molecule has 1 aliphatic rings. The van der Waals surface area contributed by atoms with Gasteiger partial charge in [0.25, 0.3) is 5.91 Å². The van der Waals surface area contributed by atoms with Crippen LogP contribution in [0.5, 0.6) is 0 Å². The molecule has 0 bridgehead atoms. The van der Waals surface area contributed by atoms with E-state index in [1.54, 1.807) is 17.0 Å². The van der Waals surface area contributed by atoms with Crippen LogP contribution in [0.3, 0.4) is 0 Å². The summed E-state index contributed by atoms with van der Waals surface area (Å²) in [5.41, 5.74) is 2.68. The smallest absolute Gasteiger partial charge is 0.254 e. The topological polar surface area (TPSA) is 60.9 Å². The summed E-state index contributed by atoms with van der Waals surface area (Å²) in [7, 11) is 0. The fourth-order valence-electron chi connectivity index (χ4n) is 3.24. The van der Waals surface area contributed by atoms with Crippen LogP contribution in [0.1, 0.15) is 21.5 Å². The second kappa shape index (κ2) is 8.15. The molecule has 1 unspecified atom stereocenters. The van der Waals surface area contributed by atoms with Crippen LogP contribution in [0.4, 0.5) is 0 Å². The van der Waals surface area contributed by atoms with E-state index in [1.165, 1.54) is 4.90 Å². The van der Waals surface area contributed by atoms with Crippen molar-refractivity contribution in [2.45, 2.75) is 19.4 Å². The van der Waals surface area contributed by atoms with Gasteiger partial charge in [-0.1, -0.05) is 48.0 Å². The Morgan fingerprint density at radius 2 is 1.88 bits per heavy atom. The van der Waals surface area contributed by atoms with Gasteiger partial charge < -0.3 is 14.9 Å². The second-order valence-electron chi connectivity index (χ2n) is 6.78. The molecule has 1 N–H and O–H groups in total. The summed E-state index contributed by atoms with van der Waals surface area (Å²) < 4.78 is 0. The zero-order chi connectivity index (χ0) is 18.5. The SMILES string of the molecule is Cc1cccc(C(=O)N2CC(=O)N(CCc3ccccc3)CC(O)C2)c1. The van der Waals surface area contributed by atoms with Crippen molar-refractivity contribution in [3.8, 4) is 0 Å². The lowest BCUT2D eigenvalue weighted by Crippen LogP contribution is -2.40. The maximum Gasteiger partial charge on any atom is 0.254 e. The minimum Gasteiger partial charge on any atom is -0.389 e. The van der Waals surface area contributed by atoms with Gasteiger partial charge in [-0.25, -0.2) is 0 Å². The van der Waals surface area contributed by atoms with Crippen molar-refractivity contribution in [1.82, 2.24) is 9.80 Å². The lowest BCUT2D eigenvalue weighted by atomic mass is 10.1. The Morgan fingerprint density at radius 1 is 1.12 bits per heavy atom. The maximum atomic E-state index is 12.7. The molecule has 0 aliphatic carbocycles. The summed E-state index contributed by atoms with van der Waals surface area (Å²) in [6.07, 6.45) is -0.0172. The molecule has 26 heavy (non-hydrogen) atoms. The number of aliphatic hydroxyl groups is 1. The number of rotatable bonds is 4. The average molecular weight is 352 g/mol. The quantitative estimate of drug-likeness (QED) is 0.914. The first kappa shape index (κ1) is 18.1. The van der Waals surface area contributed by atoms with E-state index in [0.29, 0.717) is 12.1 Å². The van der Waals surface area contributed by atoms with Crippen LogP contribution < -0.4 is 0 Å². The fourth-order valence-corrected chi connectivity index (χ4v) is 3.24. The fraction of sp³-hybridized carbons (Fsp3) is 0.333. The normalized spacial score (nSPS) is 17.9. The Hall–Kier alpha value is -2.66. The molecule has 2 aromatic carbocycles. The molecule has 0 aromatic heterocycles. The molecule has 0 saturated carbocycles. The van der Waals surface area contributed by atoms with Gasteiger partial charge >= 0.3 is 0 Å². The number of β-amino-alcohol motifs (C(OH)–C–C–N with tert-alkyl or cyclic N) is 1. The molecular weight excluding hydrogens is 328 g/mol. The third-order valence-electron chi connectivity index (χ3n) is 4.61. The first-order chi connectivity index (χ1) is 12.5. The van der Waals surface area contributed by atoms with Crippen LogP contribution in [-0.4, -0.2) is 59.0 Å². The minimum absolute atomic E-state index is 0.00136. The summed E-state index contributed by atoms with van der Waals surface area (Å²) >= 11 is 0. The van der Waals surface area contributed by atoms with Crippen LogP contribution >= 0.6 is 0 Å². The Labute approximate surface area is 153 Å². The molecule has 1 heterocycles. The van der Waals surface area contributed by atoms with Crippen LogP contribution in [-0.2, 0) is 11.2 Å². The summed E-state index contributed by atoms with van der Waals surface area (Å²) in [6, 6.07) is 17.2. The van der Waals surface area contributed by atoms with Gasteiger partial charge in [0.15, 0.2) is 0 Å². The van der Waals surface area contributed by atoms with E-state index in [-0.39, 0.29) is 31.4 Å². The first-order valence-electron chi connectivity index (χ1n) is 8.88. The molecule has 1 atom stereocenters. The van der Waals surface area contributed by atoms with Gasteiger partial charge in [-0.3, -0.25) is 9.59 Å². The van der Waals surface area contributed by atoms with Gasteiger partial charge in [-0.05, 0) is 31.0 Å². The molecule has 1 fully saturated rings. The Kier molecular flexibility index (Phi) is 5.68. The second-order valence-corrected chi connectivity index (χ2v) is 6.78. The average Bonchev–Trinajstić information content (AvgIpc) is 2.78. The standard InChI is InChI=1S/C21H24N2O3/c1-16-6-5-9-18(12-16)21(26)23-14-19(24)13-22(20(25)15-23)11-10-17-7-3-2-4-8-17/h2-9,12,19,24H,10-11,13-15H2,1H3. The number of aliphatic hydroxyl groups excluding tert-OH is 1. The Bertz CT molecular complexity index is 776. The summed E-state index contributed by atoms with van der Waals surface area (Å²) in [5, 5.41) is 10.3. The molecule has 5 nitrogen and oxygen atoms in total. The molecular formula is C21H24N2O3. The van der Waals surface area contributed by atoms with Gasteiger partial charge in [0.2, 0.25) is 5.91 Å². The Morgan fingerprint density at radius 3 is 2.62 bits per heavy atom. The minimum atomic E-state index is -0.744. The van der Waals surface area contributed by atoms with Crippen molar-refractivity contribution in [2.24, 2.45) is 0 Å². The van der Waals surface area contributed by atoms with E-state index in [4.69, 9.17) is 0 Å². The largest absolute Gasteiger partial charge is 0.389 e. The van der Waals surface area contributed by atoms with Crippen LogP contribution in [0, 0.1) is 6.92 Å². The zero-order valence-electron chi connectivity index (χ0n) is 15.0. The number of carbonyl (C=O) groups is 2. The molecule has 1 aliphatic heterocycles. The molecule has 2 aromatic rings. The number of hydrogen-bond acceptors (Lipinski definition) is 3. The molecule has 2 amide bonds. The summed E-state index contributed by atoms with van der Waals surface area (Å²) in [5.74, 6) is -0.343. The third-order valence-corrected chi connectivity index (χ3v) is 4.61. The number of amides is 2. The number of carbonyl (C=O) groups excluding carboxylic acids is 2. The molecule has 3 rings (SSSR count). The van der Waals surface area contributed by atoms with E-state index in [1.807, 2.05) is 49.4 Å².